The van der Waals surface area contributed by atoms with E-state index >= 15 is 0 Å². The number of rotatable bonds is 4. The third kappa shape index (κ3) is 2.97. The number of hydrogen-bond donors (Lipinski definition) is 0. The average molecular weight is 397 g/mol. The van der Waals surface area contributed by atoms with E-state index in [1.807, 2.05) is 30.3 Å². The summed E-state index contributed by atoms with van der Waals surface area (Å²) in [7, 11) is 0. The van der Waals surface area contributed by atoms with Crippen molar-refractivity contribution in [3.8, 4) is 11.3 Å². The number of aryl methyl sites for hydroxylation is 1. The molecule has 0 atom stereocenters. The van der Waals surface area contributed by atoms with Gasteiger partial charge >= 0.3 is 0 Å². The molecule has 3 heteroatoms. The van der Waals surface area contributed by atoms with Crippen LogP contribution in [0.3, 0.4) is 0 Å². The minimum atomic E-state index is -0.228. The van der Waals surface area contributed by atoms with Gasteiger partial charge in [0.25, 0.3) is 0 Å². The molecule has 30 heavy (non-hydrogen) atoms. The molecular weight excluding hydrogens is 373 g/mol. The zero-order valence-electron chi connectivity index (χ0n) is 17.5. The van der Waals surface area contributed by atoms with E-state index < -0.39 is 0 Å². The van der Waals surface area contributed by atoms with Crippen molar-refractivity contribution >= 4 is 32.7 Å². The van der Waals surface area contributed by atoms with Crippen molar-refractivity contribution in [1.29, 1.82) is 0 Å². The summed E-state index contributed by atoms with van der Waals surface area (Å²) in [6, 6.07) is 19.4. The van der Waals surface area contributed by atoms with Crippen molar-refractivity contribution in [2.24, 2.45) is 0 Å². The van der Waals surface area contributed by atoms with Crippen molar-refractivity contribution < 1.29 is 8.81 Å². The predicted molar refractivity (Wildman–Crippen MR) is 122 cm³/mol. The van der Waals surface area contributed by atoms with Crippen molar-refractivity contribution in [3.05, 3.63) is 77.7 Å². The Kier molecular flexibility index (Phi) is 4.54. The lowest BCUT2D eigenvalue weighted by molar-refractivity contribution is 0.623. The molecule has 2 aromatic heterocycles. The fraction of sp³-hybridized carbons (Fsp3) is 0.222. The maximum absolute atomic E-state index is 14.1. The van der Waals surface area contributed by atoms with Crippen LogP contribution in [-0.2, 0) is 0 Å². The summed E-state index contributed by atoms with van der Waals surface area (Å²) in [5.41, 5.74) is 5.69. The number of furan rings is 1. The number of benzene rings is 3. The van der Waals surface area contributed by atoms with E-state index in [-0.39, 0.29) is 5.82 Å². The quantitative estimate of drug-likeness (QED) is 0.306. The van der Waals surface area contributed by atoms with Gasteiger partial charge in [-0.05, 0) is 73.2 Å². The van der Waals surface area contributed by atoms with Crippen LogP contribution >= 0.6 is 0 Å². The molecule has 3 aromatic carbocycles. The van der Waals surface area contributed by atoms with Gasteiger partial charge in [-0.25, -0.2) is 4.39 Å². The van der Waals surface area contributed by atoms with Crippen LogP contribution in [0.25, 0.3) is 44.0 Å². The molecule has 0 spiro atoms. The molecule has 5 aromatic rings. The monoisotopic (exact) mass is 397 g/mol. The van der Waals surface area contributed by atoms with E-state index in [0.29, 0.717) is 5.92 Å². The predicted octanol–water partition coefficient (Wildman–Crippen LogP) is 8.15. The van der Waals surface area contributed by atoms with E-state index in [2.05, 4.69) is 39.0 Å². The molecule has 0 amide bonds. The smallest absolute Gasteiger partial charge is 0.144 e. The zero-order valence-corrected chi connectivity index (χ0v) is 17.5. The normalized spacial score (nSPS) is 11.9. The molecule has 0 saturated carbocycles. The summed E-state index contributed by atoms with van der Waals surface area (Å²) in [6.45, 7) is 6.45. The second-order valence-corrected chi connectivity index (χ2v) is 8.06. The van der Waals surface area contributed by atoms with Crippen LogP contribution in [0.2, 0.25) is 0 Å². The van der Waals surface area contributed by atoms with Gasteiger partial charge in [0.15, 0.2) is 0 Å². The van der Waals surface area contributed by atoms with Crippen molar-refractivity contribution in [2.45, 2.75) is 39.5 Å². The summed E-state index contributed by atoms with van der Waals surface area (Å²) in [6.07, 6.45) is 2.00. The summed E-state index contributed by atoms with van der Waals surface area (Å²) in [4.78, 5) is 5.12. The van der Waals surface area contributed by atoms with Crippen molar-refractivity contribution in [1.82, 2.24) is 4.98 Å². The summed E-state index contributed by atoms with van der Waals surface area (Å²) in [5, 5.41) is 4.01. The highest BCUT2D eigenvalue weighted by Crippen LogP contribution is 2.39. The topological polar surface area (TPSA) is 26.0 Å². The van der Waals surface area contributed by atoms with Crippen LogP contribution in [0.1, 0.15) is 43.9 Å². The van der Waals surface area contributed by atoms with E-state index in [4.69, 9.17) is 9.40 Å². The van der Waals surface area contributed by atoms with Gasteiger partial charge in [-0.2, -0.15) is 0 Å². The number of hydrogen-bond acceptors (Lipinski definition) is 2. The second kappa shape index (κ2) is 7.24. The molecule has 0 aliphatic carbocycles. The molecule has 0 saturated heterocycles. The van der Waals surface area contributed by atoms with Crippen LogP contribution in [0.5, 0.6) is 0 Å². The molecule has 150 valence electrons. The van der Waals surface area contributed by atoms with Crippen LogP contribution in [0, 0.1) is 12.7 Å². The van der Waals surface area contributed by atoms with Crippen molar-refractivity contribution in [2.75, 3.05) is 0 Å². The Morgan fingerprint density at radius 1 is 0.900 bits per heavy atom. The molecule has 0 fully saturated rings. The van der Waals surface area contributed by atoms with Gasteiger partial charge in [0, 0.05) is 33.3 Å². The van der Waals surface area contributed by atoms with Crippen LogP contribution < -0.4 is 0 Å². The maximum Gasteiger partial charge on any atom is 0.144 e. The van der Waals surface area contributed by atoms with Gasteiger partial charge in [-0.3, -0.25) is 4.98 Å². The molecule has 0 radical (unpaired) electrons. The molecule has 2 nitrogen and oxygen atoms in total. The molecule has 0 N–H and O–H groups in total. The maximum atomic E-state index is 14.1. The van der Waals surface area contributed by atoms with Gasteiger partial charge in [-0.15, -0.1) is 0 Å². The van der Waals surface area contributed by atoms with Gasteiger partial charge < -0.3 is 4.42 Å². The van der Waals surface area contributed by atoms with E-state index in [1.54, 1.807) is 6.07 Å². The molecule has 5 rings (SSSR count). The highest BCUT2D eigenvalue weighted by molar-refractivity contribution is 6.11. The Hall–Kier alpha value is -3.20. The Bertz CT molecular complexity index is 1390. The Morgan fingerprint density at radius 3 is 2.50 bits per heavy atom. The standard InChI is InChI=1S/C27H24FNO/c1-4-17(5-2)24-15-18-14-19(28)10-11-20(18)26(29-24)23-13-16(3)12-22-21-8-6-7-9-25(21)30-27(22)23/h6-15,17H,4-5H2,1-3H3. The third-order valence-electron chi connectivity index (χ3n) is 6.09. The molecule has 2 heterocycles. The van der Waals surface area contributed by atoms with Gasteiger partial charge in [0.1, 0.15) is 17.0 Å². The second-order valence-electron chi connectivity index (χ2n) is 8.06. The van der Waals surface area contributed by atoms with Gasteiger partial charge in [0.2, 0.25) is 0 Å². The lowest BCUT2D eigenvalue weighted by Crippen LogP contribution is -2.01. The van der Waals surface area contributed by atoms with Crippen LogP contribution in [0.4, 0.5) is 4.39 Å². The molecule has 0 unspecified atom stereocenters. The Balaban J connectivity index is 1.90. The highest BCUT2D eigenvalue weighted by Gasteiger charge is 2.19. The Labute approximate surface area is 175 Å². The first kappa shape index (κ1) is 18.8. The Morgan fingerprint density at radius 2 is 1.70 bits per heavy atom. The first-order valence-electron chi connectivity index (χ1n) is 10.6. The zero-order chi connectivity index (χ0) is 20.8. The van der Waals surface area contributed by atoms with Crippen LogP contribution in [0.15, 0.2) is 65.1 Å². The first-order chi connectivity index (χ1) is 14.6. The van der Waals surface area contributed by atoms with E-state index in [0.717, 1.165) is 68.1 Å². The van der Waals surface area contributed by atoms with E-state index in [9.17, 15) is 4.39 Å². The lowest BCUT2D eigenvalue weighted by atomic mass is 9.94. The minimum Gasteiger partial charge on any atom is -0.455 e. The number of nitrogens with zero attached hydrogens (tertiary/aromatic N) is 1. The average Bonchev–Trinajstić information content (AvgIpc) is 3.12. The molecule has 0 aliphatic rings. The highest BCUT2D eigenvalue weighted by atomic mass is 19.1. The summed E-state index contributed by atoms with van der Waals surface area (Å²) in [5.74, 6) is 0.112. The first-order valence-corrected chi connectivity index (χ1v) is 10.6. The molecule has 0 aliphatic heterocycles. The lowest BCUT2D eigenvalue weighted by Gasteiger charge is -2.16. The summed E-state index contributed by atoms with van der Waals surface area (Å²) < 4.78 is 20.4. The fourth-order valence-electron chi connectivity index (χ4n) is 4.52. The summed E-state index contributed by atoms with van der Waals surface area (Å²) >= 11 is 0. The molecular formula is C27H24FNO. The fourth-order valence-corrected chi connectivity index (χ4v) is 4.52. The largest absolute Gasteiger partial charge is 0.455 e. The van der Waals surface area contributed by atoms with E-state index in [1.165, 1.54) is 6.07 Å². The SMILES string of the molecule is CCC(CC)c1cc2cc(F)ccc2c(-c2cc(C)cc3c2oc2ccccc23)n1. The van der Waals surface area contributed by atoms with Crippen molar-refractivity contribution in [3.63, 3.8) is 0 Å². The molecule has 0 bridgehead atoms. The van der Waals surface area contributed by atoms with Gasteiger partial charge in [-0.1, -0.05) is 32.0 Å². The van der Waals surface area contributed by atoms with Crippen LogP contribution in [-0.4, -0.2) is 4.98 Å². The number of para-hydroxylation sites is 1. The number of aromatic nitrogens is 1. The minimum absolute atomic E-state index is 0.228. The number of pyridine rings is 1. The van der Waals surface area contributed by atoms with Gasteiger partial charge in [0.05, 0.1) is 5.69 Å². The number of fused-ring (bicyclic) bond motifs is 4. The third-order valence-corrected chi connectivity index (χ3v) is 6.09. The number of halogens is 1.